The second-order valence-corrected chi connectivity index (χ2v) is 7.54. The summed E-state index contributed by atoms with van der Waals surface area (Å²) in [6.07, 6.45) is 0. The van der Waals surface area contributed by atoms with Crippen molar-refractivity contribution in [3.05, 3.63) is 47.8 Å². The van der Waals surface area contributed by atoms with Gasteiger partial charge in [-0.3, -0.25) is 9.69 Å². The van der Waals surface area contributed by atoms with Crippen LogP contribution in [0.25, 0.3) is 10.2 Å². The Morgan fingerprint density at radius 3 is 2.36 bits per heavy atom. The fraction of sp³-hybridized carbons (Fsp3) is 0.300. The summed E-state index contributed by atoms with van der Waals surface area (Å²) in [6.45, 7) is 1.21. The first-order valence-corrected chi connectivity index (χ1v) is 9.64. The van der Waals surface area contributed by atoms with Crippen LogP contribution < -0.4 is 19.3 Å². The van der Waals surface area contributed by atoms with Crippen LogP contribution >= 0.6 is 11.3 Å². The van der Waals surface area contributed by atoms with Crippen LogP contribution in [0.3, 0.4) is 0 Å². The Morgan fingerprint density at radius 2 is 1.75 bits per heavy atom. The SMILES string of the molecule is COc1ccc(OC)c2sc(N(CC[NH+](C)C)C(=O)c3ccc(F)cc3)nc12. The highest BCUT2D eigenvalue weighted by Crippen LogP contribution is 2.40. The summed E-state index contributed by atoms with van der Waals surface area (Å²) < 4.78 is 24.9. The summed E-state index contributed by atoms with van der Waals surface area (Å²) in [4.78, 5) is 20.7. The highest BCUT2D eigenvalue weighted by molar-refractivity contribution is 7.22. The Labute approximate surface area is 167 Å². The van der Waals surface area contributed by atoms with E-state index >= 15 is 0 Å². The highest BCUT2D eigenvalue weighted by atomic mass is 32.1. The van der Waals surface area contributed by atoms with E-state index < -0.39 is 0 Å². The highest BCUT2D eigenvalue weighted by Gasteiger charge is 2.24. The molecule has 0 radical (unpaired) electrons. The van der Waals surface area contributed by atoms with E-state index in [1.807, 2.05) is 20.2 Å². The lowest BCUT2D eigenvalue weighted by molar-refractivity contribution is -0.856. The molecule has 1 amide bonds. The van der Waals surface area contributed by atoms with Gasteiger partial charge in [-0.05, 0) is 36.4 Å². The van der Waals surface area contributed by atoms with Gasteiger partial charge in [0.1, 0.15) is 27.5 Å². The molecule has 2 aromatic carbocycles. The first-order chi connectivity index (χ1) is 13.4. The molecule has 8 heteroatoms. The number of likely N-dealkylation sites (N-methyl/N-ethyl adjacent to an activating group) is 1. The maximum Gasteiger partial charge on any atom is 0.260 e. The van der Waals surface area contributed by atoms with Crippen LogP contribution in [0.4, 0.5) is 9.52 Å². The molecule has 0 aliphatic rings. The molecule has 1 heterocycles. The zero-order valence-electron chi connectivity index (χ0n) is 16.3. The Balaban J connectivity index is 2.06. The average Bonchev–Trinajstić information content (AvgIpc) is 3.12. The van der Waals surface area contributed by atoms with Crippen molar-refractivity contribution in [1.29, 1.82) is 0 Å². The van der Waals surface area contributed by atoms with E-state index in [9.17, 15) is 9.18 Å². The first kappa shape index (κ1) is 20.0. The number of ether oxygens (including phenoxy) is 2. The van der Waals surface area contributed by atoms with Crippen molar-refractivity contribution in [2.75, 3.05) is 46.3 Å². The third kappa shape index (κ3) is 4.07. The third-order valence-corrected chi connectivity index (χ3v) is 5.39. The molecule has 0 spiro atoms. The lowest BCUT2D eigenvalue weighted by Crippen LogP contribution is -3.06. The molecule has 1 aromatic heterocycles. The number of thiazole rings is 1. The number of amides is 1. The minimum Gasteiger partial charge on any atom is -0.495 e. The largest absolute Gasteiger partial charge is 0.495 e. The summed E-state index contributed by atoms with van der Waals surface area (Å²) in [6, 6.07) is 9.16. The molecule has 0 bridgehead atoms. The minimum absolute atomic E-state index is 0.224. The molecule has 6 nitrogen and oxygen atoms in total. The fourth-order valence-electron chi connectivity index (χ4n) is 2.76. The van der Waals surface area contributed by atoms with E-state index in [2.05, 4.69) is 4.98 Å². The fourth-order valence-corrected chi connectivity index (χ4v) is 3.86. The number of quaternary nitrogens is 1. The van der Waals surface area contributed by atoms with E-state index in [0.717, 1.165) is 11.2 Å². The number of carbonyl (C=O) groups excluding carboxylic acids is 1. The normalized spacial score (nSPS) is 11.1. The third-order valence-electron chi connectivity index (χ3n) is 4.30. The number of rotatable bonds is 7. The molecule has 3 rings (SSSR count). The van der Waals surface area contributed by atoms with E-state index in [4.69, 9.17) is 9.47 Å². The molecular weight excluding hydrogens is 381 g/mol. The van der Waals surface area contributed by atoms with Crippen LogP contribution in [-0.2, 0) is 0 Å². The number of benzene rings is 2. The number of hydrogen-bond acceptors (Lipinski definition) is 5. The summed E-state index contributed by atoms with van der Waals surface area (Å²) >= 11 is 1.37. The number of fused-ring (bicyclic) bond motifs is 1. The molecule has 0 unspecified atom stereocenters. The van der Waals surface area contributed by atoms with Crippen LogP contribution in [0, 0.1) is 5.82 Å². The first-order valence-electron chi connectivity index (χ1n) is 8.82. The summed E-state index contributed by atoms with van der Waals surface area (Å²) in [5.74, 6) is 0.686. The molecule has 0 aliphatic carbocycles. The zero-order valence-corrected chi connectivity index (χ0v) is 17.1. The molecule has 0 fully saturated rings. The quantitative estimate of drug-likeness (QED) is 0.656. The lowest BCUT2D eigenvalue weighted by Gasteiger charge is -2.20. The van der Waals surface area contributed by atoms with Crippen LogP contribution in [-0.4, -0.2) is 52.3 Å². The van der Waals surface area contributed by atoms with Gasteiger partial charge < -0.3 is 14.4 Å². The average molecular weight is 404 g/mol. The lowest BCUT2D eigenvalue weighted by atomic mass is 10.2. The standard InChI is InChI=1S/C20H22FN3O3S/c1-23(2)11-12-24(19(25)13-5-7-14(21)8-6-13)20-22-17-15(26-3)9-10-16(27-4)18(17)28-20/h5-10H,11-12H2,1-4H3/p+1. The van der Waals surface area contributed by atoms with Gasteiger partial charge in [0.2, 0.25) is 0 Å². The van der Waals surface area contributed by atoms with Gasteiger partial charge in [0.05, 0.1) is 41.4 Å². The molecule has 0 saturated carbocycles. The number of anilines is 1. The van der Waals surface area contributed by atoms with Crippen LogP contribution in [0.5, 0.6) is 11.5 Å². The number of nitrogens with one attached hydrogen (secondary N) is 1. The summed E-state index contributed by atoms with van der Waals surface area (Å²) in [5.41, 5.74) is 1.06. The molecule has 1 N–H and O–H groups in total. The van der Waals surface area contributed by atoms with Crippen molar-refractivity contribution < 1.29 is 23.6 Å². The van der Waals surface area contributed by atoms with Gasteiger partial charge >= 0.3 is 0 Å². The smallest absolute Gasteiger partial charge is 0.260 e. The number of hydrogen-bond donors (Lipinski definition) is 1. The molecule has 3 aromatic rings. The number of methoxy groups -OCH3 is 2. The van der Waals surface area contributed by atoms with Gasteiger partial charge in [0.25, 0.3) is 5.91 Å². The van der Waals surface area contributed by atoms with Crippen LogP contribution in [0.2, 0.25) is 0 Å². The molecular formula is C20H23FN3O3S+. The van der Waals surface area contributed by atoms with Gasteiger partial charge in [-0.15, -0.1) is 0 Å². The second kappa shape index (κ2) is 8.53. The maximum atomic E-state index is 13.3. The number of carbonyl (C=O) groups is 1. The molecule has 0 atom stereocenters. The van der Waals surface area contributed by atoms with E-state index in [1.54, 1.807) is 25.2 Å². The van der Waals surface area contributed by atoms with Gasteiger partial charge in [0, 0.05) is 5.56 Å². The van der Waals surface area contributed by atoms with Crippen LogP contribution in [0.1, 0.15) is 10.4 Å². The summed E-state index contributed by atoms with van der Waals surface area (Å²) in [7, 11) is 7.21. The molecule has 28 heavy (non-hydrogen) atoms. The van der Waals surface area contributed by atoms with Crippen molar-refractivity contribution in [2.45, 2.75) is 0 Å². The number of aromatic nitrogens is 1. The van der Waals surface area contributed by atoms with Crippen molar-refractivity contribution >= 4 is 32.6 Å². The zero-order chi connectivity index (χ0) is 20.3. The number of halogens is 1. The second-order valence-electron chi connectivity index (χ2n) is 6.57. The van der Waals surface area contributed by atoms with Crippen LogP contribution in [0.15, 0.2) is 36.4 Å². The van der Waals surface area contributed by atoms with Gasteiger partial charge in [-0.2, -0.15) is 0 Å². The molecule has 148 valence electrons. The monoisotopic (exact) mass is 404 g/mol. The molecule has 0 saturated heterocycles. The van der Waals surface area contributed by atoms with Crippen molar-refractivity contribution in [3.63, 3.8) is 0 Å². The maximum absolute atomic E-state index is 13.3. The van der Waals surface area contributed by atoms with Gasteiger partial charge in [-0.1, -0.05) is 11.3 Å². The van der Waals surface area contributed by atoms with Crippen molar-refractivity contribution in [2.24, 2.45) is 0 Å². The Morgan fingerprint density at radius 1 is 1.11 bits per heavy atom. The van der Waals surface area contributed by atoms with Crippen molar-refractivity contribution in [1.82, 2.24) is 4.98 Å². The van der Waals surface area contributed by atoms with E-state index in [-0.39, 0.29) is 11.7 Å². The predicted octanol–water partition coefficient (Wildman–Crippen LogP) is 2.24. The Bertz CT molecular complexity index is 932. The minimum atomic E-state index is -0.379. The van der Waals surface area contributed by atoms with Gasteiger partial charge in [0.15, 0.2) is 5.13 Å². The van der Waals surface area contributed by atoms with E-state index in [1.165, 1.54) is 40.5 Å². The Kier molecular flexibility index (Phi) is 6.11. The topological polar surface area (TPSA) is 56.1 Å². The predicted molar refractivity (Wildman–Crippen MR) is 108 cm³/mol. The van der Waals surface area contributed by atoms with Gasteiger partial charge in [-0.25, -0.2) is 9.37 Å². The number of nitrogens with zero attached hydrogens (tertiary/aromatic N) is 2. The van der Waals surface area contributed by atoms with Crippen molar-refractivity contribution in [3.8, 4) is 11.5 Å². The van der Waals surface area contributed by atoms with E-state index in [0.29, 0.717) is 34.3 Å². The molecule has 0 aliphatic heterocycles. The summed E-state index contributed by atoms with van der Waals surface area (Å²) in [5, 5.41) is 0.549. The Hall–Kier alpha value is -2.71.